The first-order chi connectivity index (χ1) is 22.3. The molecule has 6 rings (SSSR count). The Morgan fingerprint density at radius 1 is 1.09 bits per heavy atom. The first-order valence-electron chi connectivity index (χ1n) is 17.9. The smallest absolute Gasteiger partial charge is 0.248 e. The number of piperazine rings is 1. The lowest BCUT2D eigenvalue weighted by molar-refractivity contribution is -0.130. The number of nitrogens with zero attached hydrogens (tertiary/aromatic N) is 4. The van der Waals surface area contributed by atoms with E-state index < -0.39 is 5.92 Å². The van der Waals surface area contributed by atoms with Gasteiger partial charge in [-0.3, -0.25) is 24.5 Å². The van der Waals surface area contributed by atoms with E-state index in [0.29, 0.717) is 24.2 Å². The fraction of sp³-hybridized carbons (Fsp3) is 0.676. The number of nitrogens with one attached hydrogen (secondary N) is 1. The Labute approximate surface area is 274 Å². The topological polar surface area (TPSA) is 77.7 Å². The summed E-state index contributed by atoms with van der Waals surface area (Å²) in [5.74, 6) is -3.04. The molecule has 1 aromatic carbocycles. The van der Waals surface area contributed by atoms with Crippen molar-refractivity contribution in [2.45, 2.75) is 113 Å². The van der Waals surface area contributed by atoms with Gasteiger partial charge in [-0.05, 0) is 102 Å². The van der Waals surface area contributed by atoms with Gasteiger partial charge in [-0.1, -0.05) is 36.4 Å². The van der Waals surface area contributed by atoms with Crippen molar-refractivity contribution in [3.8, 4) is 0 Å². The normalized spacial score (nSPS) is 27.4. The molecule has 4 aliphatic rings. The maximum atomic E-state index is 13.8. The summed E-state index contributed by atoms with van der Waals surface area (Å²) in [5, 5.41) is 3.31. The Hall–Kier alpha value is -2.46. The maximum absolute atomic E-state index is 13.8. The van der Waals surface area contributed by atoms with Gasteiger partial charge in [0.15, 0.2) is 0 Å². The monoisotopic (exact) mass is 636 g/mol. The second kappa shape index (κ2) is 15.2. The third-order valence-corrected chi connectivity index (χ3v) is 11.4. The Bertz CT molecular complexity index is 1270. The lowest BCUT2D eigenvalue weighted by Gasteiger charge is -2.48. The van der Waals surface area contributed by atoms with E-state index >= 15 is 0 Å². The minimum atomic E-state index is -2.64. The van der Waals surface area contributed by atoms with Crippen LogP contribution in [0.15, 0.2) is 48.7 Å². The van der Waals surface area contributed by atoms with Gasteiger partial charge in [0.1, 0.15) is 0 Å². The number of aryl methyl sites for hydroxylation is 1. The average molecular weight is 637 g/mol. The first kappa shape index (κ1) is 33.4. The highest BCUT2D eigenvalue weighted by Crippen LogP contribution is 2.39. The fourth-order valence-corrected chi connectivity index (χ4v) is 8.84. The Morgan fingerprint density at radius 3 is 2.67 bits per heavy atom. The summed E-state index contributed by atoms with van der Waals surface area (Å²) in [7, 11) is 2.30. The van der Waals surface area contributed by atoms with E-state index in [1.165, 1.54) is 30.5 Å². The predicted molar refractivity (Wildman–Crippen MR) is 179 cm³/mol. The van der Waals surface area contributed by atoms with Crippen LogP contribution in [-0.4, -0.2) is 89.4 Å². The molecule has 3 N–H and O–H groups in total. The summed E-state index contributed by atoms with van der Waals surface area (Å²) in [6.45, 7) is 4.73. The number of likely N-dealkylation sites (N-methyl/N-ethyl adjacent to an activating group) is 1. The quantitative estimate of drug-likeness (QED) is 0.274. The molecular weight excluding hydrogens is 582 g/mol. The number of alkyl halides is 2. The number of halogens is 2. The Kier molecular flexibility index (Phi) is 11.0. The molecular formula is C37H54F2N6O. The summed E-state index contributed by atoms with van der Waals surface area (Å²) in [6, 6.07) is 16.1. The number of benzene rings is 1. The van der Waals surface area contributed by atoms with Gasteiger partial charge in [-0.2, -0.15) is 0 Å². The molecule has 252 valence electrons. The number of amides is 1. The van der Waals surface area contributed by atoms with Gasteiger partial charge in [0, 0.05) is 62.7 Å². The van der Waals surface area contributed by atoms with Gasteiger partial charge in [0.2, 0.25) is 11.8 Å². The van der Waals surface area contributed by atoms with Crippen molar-refractivity contribution >= 4 is 5.91 Å². The van der Waals surface area contributed by atoms with E-state index in [2.05, 4.69) is 51.3 Å². The zero-order valence-corrected chi connectivity index (χ0v) is 27.6. The largest absolute Gasteiger partial charge is 0.349 e. The van der Waals surface area contributed by atoms with Crippen LogP contribution in [0.3, 0.4) is 0 Å². The molecule has 2 aliphatic heterocycles. The van der Waals surface area contributed by atoms with Gasteiger partial charge < -0.3 is 11.1 Å². The zero-order valence-electron chi connectivity index (χ0n) is 27.6. The van der Waals surface area contributed by atoms with Crippen LogP contribution in [0.5, 0.6) is 0 Å². The van der Waals surface area contributed by atoms with E-state index in [0.717, 1.165) is 70.4 Å². The SMILES string of the molecule is CN1C[C@@H]2CC[C@H]([C@@H]1CN(CCCCN)C1CCCc3cccnc31)N2CC[C@H](NC(=O)C1CCC(F)(F)CC1)c1ccccc1. The minimum absolute atomic E-state index is 0.0712. The molecule has 2 aliphatic carbocycles. The second-order valence-corrected chi connectivity index (χ2v) is 14.4. The molecule has 1 saturated carbocycles. The number of carbonyl (C=O) groups excluding carboxylic acids is 1. The number of nitrogens with two attached hydrogens (primary N) is 1. The summed E-state index contributed by atoms with van der Waals surface area (Å²) < 4.78 is 27.6. The Balaban J connectivity index is 1.15. The van der Waals surface area contributed by atoms with E-state index in [9.17, 15) is 13.6 Å². The van der Waals surface area contributed by atoms with Gasteiger partial charge in [0.05, 0.1) is 17.8 Å². The molecule has 2 bridgehead atoms. The number of fused-ring (bicyclic) bond motifs is 3. The second-order valence-electron chi connectivity index (χ2n) is 14.4. The molecule has 5 atom stereocenters. The lowest BCUT2D eigenvalue weighted by Crippen LogP contribution is -2.62. The van der Waals surface area contributed by atoms with Gasteiger partial charge in [-0.15, -0.1) is 0 Å². The number of hydrogen-bond acceptors (Lipinski definition) is 6. The molecule has 0 radical (unpaired) electrons. The molecule has 7 nitrogen and oxygen atoms in total. The number of pyridine rings is 1. The molecule has 1 aromatic heterocycles. The van der Waals surface area contributed by atoms with Crippen molar-refractivity contribution in [1.82, 2.24) is 25.0 Å². The number of hydrogen-bond donors (Lipinski definition) is 2. The van der Waals surface area contributed by atoms with Crippen molar-refractivity contribution in [1.29, 1.82) is 0 Å². The summed E-state index contributed by atoms with van der Waals surface area (Å²) >= 11 is 0. The van der Waals surface area contributed by atoms with Gasteiger partial charge in [0.25, 0.3) is 0 Å². The average Bonchev–Trinajstić information content (AvgIpc) is 3.37. The molecule has 1 unspecified atom stereocenters. The van der Waals surface area contributed by atoms with Gasteiger partial charge in [-0.25, -0.2) is 8.78 Å². The number of unbranched alkanes of at least 4 members (excludes halogenated alkanes) is 1. The van der Waals surface area contributed by atoms with E-state index in [1.807, 2.05) is 24.4 Å². The van der Waals surface area contributed by atoms with Crippen LogP contribution < -0.4 is 11.1 Å². The standard InChI is InChI=1S/C37H54F2N6O/c1-43-25-30-14-15-32(34(43)26-44(23-6-5-21-40)33-13-7-11-28-12-8-22-41-35(28)33)45(30)24-18-31(27-9-3-2-4-10-27)42-36(46)29-16-19-37(38,39)20-17-29/h2-4,8-10,12,22,29-34H,5-7,11,13-21,23-26,40H2,1H3,(H,42,46)/t30-,31-,32+,33?,34-/m0/s1. The third kappa shape index (κ3) is 7.80. The van der Waals surface area contributed by atoms with Gasteiger partial charge >= 0.3 is 0 Å². The van der Waals surface area contributed by atoms with E-state index in [1.54, 1.807) is 0 Å². The maximum Gasteiger partial charge on any atom is 0.248 e. The molecule has 9 heteroatoms. The van der Waals surface area contributed by atoms with Crippen LogP contribution in [0.25, 0.3) is 0 Å². The fourth-order valence-electron chi connectivity index (χ4n) is 8.84. The predicted octanol–water partition coefficient (Wildman–Crippen LogP) is 5.72. The number of carbonyl (C=O) groups is 1. The first-order valence-corrected chi connectivity index (χ1v) is 17.9. The van der Waals surface area contributed by atoms with Crippen LogP contribution in [-0.2, 0) is 11.2 Å². The highest BCUT2D eigenvalue weighted by atomic mass is 19.3. The molecule has 2 saturated heterocycles. The van der Waals surface area contributed by atoms with Crippen molar-refractivity contribution in [3.63, 3.8) is 0 Å². The highest BCUT2D eigenvalue weighted by molar-refractivity contribution is 5.79. The van der Waals surface area contributed by atoms with Crippen molar-refractivity contribution in [2.75, 3.05) is 39.8 Å². The molecule has 0 spiro atoms. The number of aromatic nitrogens is 1. The molecule has 3 fully saturated rings. The lowest BCUT2D eigenvalue weighted by atomic mass is 9.86. The van der Waals surface area contributed by atoms with E-state index in [4.69, 9.17) is 10.7 Å². The van der Waals surface area contributed by atoms with Crippen LogP contribution in [0.4, 0.5) is 8.78 Å². The van der Waals surface area contributed by atoms with Crippen LogP contribution in [0, 0.1) is 5.92 Å². The van der Waals surface area contributed by atoms with Crippen LogP contribution in [0.2, 0.25) is 0 Å². The summed E-state index contributed by atoms with van der Waals surface area (Å²) in [4.78, 5) is 26.3. The molecule has 46 heavy (non-hydrogen) atoms. The minimum Gasteiger partial charge on any atom is -0.349 e. The number of likely N-dealkylation sites (tertiary alicyclic amines) is 1. The highest BCUT2D eigenvalue weighted by Gasteiger charge is 2.46. The molecule has 1 amide bonds. The van der Waals surface area contributed by atoms with Crippen molar-refractivity contribution in [2.24, 2.45) is 11.7 Å². The van der Waals surface area contributed by atoms with Crippen LogP contribution >= 0.6 is 0 Å². The van der Waals surface area contributed by atoms with Crippen LogP contribution in [0.1, 0.15) is 99.5 Å². The van der Waals surface area contributed by atoms with E-state index in [-0.39, 0.29) is 43.6 Å². The van der Waals surface area contributed by atoms with Crippen molar-refractivity contribution in [3.05, 3.63) is 65.5 Å². The summed E-state index contributed by atoms with van der Waals surface area (Å²) in [5.41, 5.74) is 9.68. The molecule has 2 aromatic rings. The summed E-state index contributed by atoms with van der Waals surface area (Å²) in [6.07, 6.45) is 10.9. The zero-order chi connectivity index (χ0) is 32.1. The number of rotatable bonds is 13. The van der Waals surface area contributed by atoms with Crippen molar-refractivity contribution < 1.29 is 13.6 Å². The third-order valence-electron chi connectivity index (χ3n) is 11.4. The Morgan fingerprint density at radius 2 is 1.89 bits per heavy atom. The molecule has 3 heterocycles.